The summed E-state index contributed by atoms with van der Waals surface area (Å²) in [4.78, 5) is 11.7. The molecule has 1 aliphatic rings. The molecular formula is C14H21N3O. The SMILES string of the molecule is Cc1cccc(NC(=O)NCC2CCNCC2)c1. The van der Waals surface area contributed by atoms with Crippen LogP contribution in [0.3, 0.4) is 0 Å². The van der Waals surface area contributed by atoms with E-state index in [4.69, 9.17) is 0 Å². The van der Waals surface area contributed by atoms with Gasteiger partial charge in [-0.25, -0.2) is 4.79 Å². The molecular weight excluding hydrogens is 226 g/mol. The zero-order valence-corrected chi connectivity index (χ0v) is 10.8. The van der Waals surface area contributed by atoms with Gasteiger partial charge in [-0.05, 0) is 56.5 Å². The summed E-state index contributed by atoms with van der Waals surface area (Å²) < 4.78 is 0. The maximum absolute atomic E-state index is 11.7. The minimum Gasteiger partial charge on any atom is -0.338 e. The van der Waals surface area contributed by atoms with Crippen LogP contribution >= 0.6 is 0 Å². The Morgan fingerprint density at radius 3 is 2.89 bits per heavy atom. The van der Waals surface area contributed by atoms with Gasteiger partial charge in [0.25, 0.3) is 0 Å². The predicted molar refractivity (Wildman–Crippen MR) is 73.8 cm³/mol. The van der Waals surface area contributed by atoms with Crippen molar-refractivity contribution in [3.8, 4) is 0 Å². The second kappa shape index (κ2) is 6.40. The lowest BCUT2D eigenvalue weighted by Gasteiger charge is -2.22. The molecule has 4 nitrogen and oxygen atoms in total. The molecule has 0 radical (unpaired) electrons. The van der Waals surface area contributed by atoms with Gasteiger partial charge in [-0.3, -0.25) is 0 Å². The van der Waals surface area contributed by atoms with E-state index in [2.05, 4.69) is 16.0 Å². The quantitative estimate of drug-likeness (QED) is 0.766. The van der Waals surface area contributed by atoms with Crippen molar-refractivity contribution >= 4 is 11.7 Å². The van der Waals surface area contributed by atoms with Crippen molar-refractivity contribution in [3.63, 3.8) is 0 Å². The van der Waals surface area contributed by atoms with Crippen LogP contribution in [0.1, 0.15) is 18.4 Å². The Morgan fingerprint density at radius 2 is 2.17 bits per heavy atom. The van der Waals surface area contributed by atoms with Crippen LogP contribution < -0.4 is 16.0 Å². The Balaban J connectivity index is 1.74. The summed E-state index contributed by atoms with van der Waals surface area (Å²) in [6.07, 6.45) is 2.29. The zero-order chi connectivity index (χ0) is 12.8. The minimum atomic E-state index is -0.112. The maximum Gasteiger partial charge on any atom is 0.319 e. The van der Waals surface area contributed by atoms with Crippen LogP contribution in [0.5, 0.6) is 0 Å². The van der Waals surface area contributed by atoms with Crippen molar-refractivity contribution in [2.75, 3.05) is 25.0 Å². The van der Waals surface area contributed by atoms with E-state index in [1.807, 2.05) is 31.2 Å². The molecule has 1 aromatic carbocycles. The van der Waals surface area contributed by atoms with Gasteiger partial charge in [-0.2, -0.15) is 0 Å². The van der Waals surface area contributed by atoms with E-state index in [0.29, 0.717) is 5.92 Å². The summed E-state index contributed by atoms with van der Waals surface area (Å²) in [6, 6.07) is 7.70. The molecule has 1 aromatic rings. The van der Waals surface area contributed by atoms with Crippen molar-refractivity contribution in [3.05, 3.63) is 29.8 Å². The standard InChI is InChI=1S/C14H21N3O/c1-11-3-2-4-13(9-11)17-14(18)16-10-12-5-7-15-8-6-12/h2-4,9,12,15H,5-8,10H2,1H3,(H2,16,17,18). The number of amides is 2. The number of rotatable bonds is 3. The summed E-state index contributed by atoms with van der Waals surface area (Å²) >= 11 is 0. The first-order chi connectivity index (χ1) is 8.74. The first-order valence-corrected chi connectivity index (χ1v) is 6.56. The number of anilines is 1. The highest BCUT2D eigenvalue weighted by Gasteiger charge is 2.13. The number of benzene rings is 1. The number of urea groups is 1. The normalized spacial score (nSPS) is 16.3. The van der Waals surface area contributed by atoms with Gasteiger partial charge in [0, 0.05) is 12.2 Å². The number of piperidine rings is 1. The third-order valence-electron chi connectivity index (χ3n) is 3.29. The molecule has 4 heteroatoms. The van der Waals surface area contributed by atoms with Gasteiger partial charge in [-0.15, -0.1) is 0 Å². The fourth-order valence-electron chi connectivity index (χ4n) is 2.22. The molecule has 1 aliphatic heterocycles. The summed E-state index contributed by atoms with van der Waals surface area (Å²) in [5.74, 6) is 0.606. The van der Waals surface area contributed by atoms with Crippen LogP contribution in [-0.2, 0) is 0 Å². The molecule has 98 valence electrons. The van der Waals surface area contributed by atoms with Gasteiger partial charge < -0.3 is 16.0 Å². The van der Waals surface area contributed by atoms with E-state index in [0.717, 1.165) is 43.7 Å². The minimum absolute atomic E-state index is 0.112. The maximum atomic E-state index is 11.7. The molecule has 18 heavy (non-hydrogen) atoms. The highest BCUT2D eigenvalue weighted by Crippen LogP contribution is 2.11. The van der Waals surface area contributed by atoms with Crippen molar-refractivity contribution in [1.29, 1.82) is 0 Å². The molecule has 0 spiro atoms. The van der Waals surface area contributed by atoms with Crippen LogP contribution in [0.2, 0.25) is 0 Å². The summed E-state index contributed by atoms with van der Waals surface area (Å²) in [6.45, 7) is 4.90. The number of carbonyl (C=O) groups excluding carboxylic acids is 1. The average molecular weight is 247 g/mol. The molecule has 0 bridgehead atoms. The van der Waals surface area contributed by atoms with Crippen LogP contribution in [0.4, 0.5) is 10.5 Å². The van der Waals surface area contributed by atoms with Gasteiger partial charge in [0.15, 0.2) is 0 Å². The second-order valence-corrected chi connectivity index (χ2v) is 4.90. The van der Waals surface area contributed by atoms with E-state index in [1.54, 1.807) is 0 Å². The van der Waals surface area contributed by atoms with Crippen LogP contribution in [0, 0.1) is 12.8 Å². The van der Waals surface area contributed by atoms with Crippen molar-refractivity contribution in [1.82, 2.24) is 10.6 Å². The fraction of sp³-hybridized carbons (Fsp3) is 0.500. The summed E-state index contributed by atoms with van der Waals surface area (Å²) in [7, 11) is 0. The molecule has 2 rings (SSSR count). The van der Waals surface area contributed by atoms with Gasteiger partial charge in [0.2, 0.25) is 0 Å². The molecule has 2 amide bonds. The second-order valence-electron chi connectivity index (χ2n) is 4.90. The Kier molecular flexibility index (Phi) is 4.59. The monoisotopic (exact) mass is 247 g/mol. The lowest BCUT2D eigenvalue weighted by molar-refractivity contribution is 0.248. The molecule has 0 saturated carbocycles. The van der Waals surface area contributed by atoms with Gasteiger partial charge in [-0.1, -0.05) is 12.1 Å². The van der Waals surface area contributed by atoms with E-state index >= 15 is 0 Å². The van der Waals surface area contributed by atoms with E-state index in [-0.39, 0.29) is 6.03 Å². The molecule has 1 heterocycles. The molecule has 1 saturated heterocycles. The molecule has 0 aromatic heterocycles. The largest absolute Gasteiger partial charge is 0.338 e. The Hall–Kier alpha value is -1.55. The topological polar surface area (TPSA) is 53.2 Å². The Labute approximate surface area is 108 Å². The highest BCUT2D eigenvalue weighted by atomic mass is 16.2. The lowest BCUT2D eigenvalue weighted by atomic mass is 9.98. The van der Waals surface area contributed by atoms with Crippen LogP contribution in [0.15, 0.2) is 24.3 Å². The first-order valence-electron chi connectivity index (χ1n) is 6.56. The predicted octanol–water partition coefficient (Wildman–Crippen LogP) is 2.12. The number of carbonyl (C=O) groups is 1. The smallest absolute Gasteiger partial charge is 0.319 e. The van der Waals surface area contributed by atoms with Gasteiger partial charge in [0.05, 0.1) is 0 Å². The fourth-order valence-corrected chi connectivity index (χ4v) is 2.22. The van der Waals surface area contributed by atoms with Crippen molar-refractivity contribution < 1.29 is 4.79 Å². The highest BCUT2D eigenvalue weighted by molar-refractivity contribution is 5.89. The lowest BCUT2D eigenvalue weighted by Crippen LogP contribution is -2.37. The number of hydrogen-bond acceptors (Lipinski definition) is 2. The molecule has 3 N–H and O–H groups in total. The van der Waals surface area contributed by atoms with Crippen LogP contribution in [0.25, 0.3) is 0 Å². The zero-order valence-electron chi connectivity index (χ0n) is 10.8. The van der Waals surface area contributed by atoms with Crippen molar-refractivity contribution in [2.45, 2.75) is 19.8 Å². The third-order valence-corrected chi connectivity index (χ3v) is 3.29. The van der Waals surface area contributed by atoms with Gasteiger partial charge >= 0.3 is 6.03 Å². The Morgan fingerprint density at radius 1 is 1.39 bits per heavy atom. The molecule has 0 atom stereocenters. The Bertz CT molecular complexity index is 400. The number of aryl methyl sites for hydroxylation is 1. The number of hydrogen-bond donors (Lipinski definition) is 3. The first kappa shape index (κ1) is 12.9. The van der Waals surface area contributed by atoms with Crippen molar-refractivity contribution in [2.24, 2.45) is 5.92 Å². The molecule has 0 aliphatic carbocycles. The average Bonchev–Trinajstić information content (AvgIpc) is 2.38. The van der Waals surface area contributed by atoms with E-state index in [1.165, 1.54) is 0 Å². The third kappa shape index (κ3) is 4.04. The van der Waals surface area contributed by atoms with E-state index in [9.17, 15) is 4.79 Å². The summed E-state index contributed by atoms with van der Waals surface area (Å²) in [5, 5.41) is 9.12. The van der Waals surface area contributed by atoms with E-state index < -0.39 is 0 Å². The molecule has 1 fully saturated rings. The number of nitrogens with one attached hydrogen (secondary N) is 3. The summed E-state index contributed by atoms with van der Waals surface area (Å²) in [5.41, 5.74) is 1.99. The van der Waals surface area contributed by atoms with Crippen LogP contribution in [-0.4, -0.2) is 25.7 Å². The van der Waals surface area contributed by atoms with Gasteiger partial charge in [0.1, 0.15) is 0 Å². The molecule has 0 unspecified atom stereocenters.